The van der Waals surface area contributed by atoms with Crippen molar-refractivity contribution < 1.29 is 14.0 Å². The number of nitrogens with one attached hydrogen (secondary N) is 2. The highest BCUT2D eigenvalue weighted by molar-refractivity contribution is 7.14. The van der Waals surface area contributed by atoms with Gasteiger partial charge in [-0.15, -0.1) is 11.3 Å². The van der Waals surface area contributed by atoms with Crippen LogP contribution in [0.5, 0.6) is 0 Å². The number of amides is 2. The smallest absolute Gasteiger partial charge is 0.228 e. The van der Waals surface area contributed by atoms with Crippen LogP contribution in [0, 0.1) is 5.82 Å². The Labute approximate surface area is 185 Å². The third-order valence-corrected chi connectivity index (χ3v) is 5.39. The monoisotopic (exact) mass is 451 g/mol. The molecule has 2 amide bonds. The molecule has 4 rings (SSSR count). The molecule has 0 radical (unpaired) electrons. The molecule has 0 aliphatic heterocycles. The highest BCUT2D eigenvalue weighted by atomic mass is 32.1. The fraction of sp³-hybridized carbons (Fsp3) is 0.136. The van der Waals surface area contributed by atoms with Crippen LogP contribution in [0.3, 0.4) is 0 Å². The van der Waals surface area contributed by atoms with Gasteiger partial charge in [0.2, 0.25) is 17.2 Å². The zero-order valence-electron chi connectivity index (χ0n) is 17.0. The van der Waals surface area contributed by atoms with Crippen molar-refractivity contribution >= 4 is 44.9 Å². The van der Waals surface area contributed by atoms with Gasteiger partial charge in [0.15, 0.2) is 5.13 Å². The summed E-state index contributed by atoms with van der Waals surface area (Å²) in [7, 11) is 0. The zero-order valence-corrected chi connectivity index (χ0v) is 17.8. The van der Waals surface area contributed by atoms with E-state index in [2.05, 4.69) is 20.7 Å². The molecule has 4 aromatic rings. The molecular formula is C22H18FN5O3S. The summed E-state index contributed by atoms with van der Waals surface area (Å²) < 4.78 is 16.0. The number of carbonyl (C=O) groups is 2. The molecule has 0 bridgehead atoms. The van der Waals surface area contributed by atoms with Gasteiger partial charge in [0, 0.05) is 35.4 Å². The Bertz CT molecular complexity index is 1380. The van der Waals surface area contributed by atoms with Crippen LogP contribution in [0.2, 0.25) is 0 Å². The molecule has 0 spiro atoms. The molecule has 162 valence electrons. The topological polar surface area (TPSA) is 106 Å². The lowest BCUT2D eigenvalue weighted by molar-refractivity contribution is -0.116. The van der Waals surface area contributed by atoms with Crippen LogP contribution >= 0.6 is 11.3 Å². The summed E-state index contributed by atoms with van der Waals surface area (Å²) in [5.74, 6) is -1.10. The van der Waals surface area contributed by atoms with Crippen LogP contribution in [-0.2, 0) is 16.1 Å². The summed E-state index contributed by atoms with van der Waals surface area (Å²) in [6.07, 6.45) is 1.35. The first-order valence-corrected chi connectivity index (χ1v) is 10.6. The molecule has 0 saturated heterocycles. The number of halogens is 1. The first-order chi connectivity index (χ1) is 15.4. The third kappa shape index (κ3) is 4.70. The lowest BCUT2D eigenvalue weighted by Crippen LogP contribution is -2.17. The van der Waals surface area contributed by atoms with E-state index < -0.39 is 5.82 Å². The number of aromatic nitrogens is 3. The molecule has 0 atom stereocenters. The van der Waals surface area contributed by atoms with Crippen molar-refractivity contribution in [2.45, 2.75) is 19.9 Å². The quantitative estimate of drug-likeness (QED) is 0.466. The van der Waals surface area contributed by atoms with E-state index in [0.717, 1.165) is 0 Å². The fourth-order valence-corrected chi connectivity index (χ4v) is 3.91. The van der Waals surface area contributed by atoms with E-state index in [1.807, 2.05) is 0 Å². The van der Waals surface area contributed by atoms with Gasteiger partial charge < -0.3 is 10.6 Å². The summed E-state index contributed by atoms with van der Waals surface area (Å²) in [6, 6.07) is 11.4. The van der Waals surface area contributed by atoms with Crippen LogP contribution in [0.1, 0.15) is 13.3 Å². The van der Waals surface area contributed by atoms with Gasteiger partial charge in [0.05, 0.1) is 24.0 Å². The largest absolute Gasteiger partial charge is 0.326 e. The van der Waals surface area contributed by atoms with Crippen molar-refractivity contribution in [2.24, 2.45) is 0 Å². The molecule has 2 aromatic carbocycles. The molecule has 2 N–H and O–H groups in total. The van der Waals surface area contributed by atoms with E-state index in [0.29, 0.717) is 27.4 Å². The molecule has 0 aliphatic rings. The number of hydrogen-bond acceptors (Lipinski definition) is 6. The van der Waals surface area contributed by atoms with Gasteiger partial charge in [0.25, 0.3) is 0 Å². The van der Waals surface area contributed by atoms with Gasteiger partial charge in [-0.05, 0) is 30.3 Å². The number of anilines is 2. The Hall–Kier alpha value is -3.92. The number of para-hydroxylation sites is 1. The normalized spacial score (nSPS) is 10.8. The van der Waals surface area contributed by atoms with E-state index in [-0.39, 0.29) is 35.8 Å². The van der Waals surface area contributed by atoms with Crippen LogP contribution in [0.25, 0.3) is 22.2 Å². The van der Waals surface area contributed by atoms with Gasteiger partial charge in [-0.1, -0.05) is 12.1 Å². The molecule has 2 heterocycles. The second-order valence-electron chi connectivity index (χ2n) is 6.96. The summed E-state index contributed by atoms with van der Waals surface area (Å²) in [6.45, 7) is 1.63. The Kier molecular flexibility index (Phi) is 6.04. The maximum Gasteiger partial charge on any atom is 0.228 e. The van der Waals surface area contributed by atoms with Crippen molar-refractivity contribution in [1.82, 2.24) is 14.8 Å². The molecule has 0 saturated carbocycles. The number of benzene rings is 2. The summed E-state index contributed by atoms with van der Waals surface area (Å²) in [4.78, 5) is 39.7. The molecule has 0 unspecified atom stereocenters. The van der Waals surface area contributed by atoms with Crippen molar-refractivity contribution in [3.8, 4) is 11.3 Å². The van der Waals surface area contributed by atoms with Gasteiger partial charge in [-0.25, -0.2) is 9.37 Å². The van der Waals surface area contributed by atoms with Gasteiger partial charge in [-0.3, -0.25) is 19.1 Å². The number of hydrogen-bond donors (Lipinski definition) is 2. The number of nitrogens with zero attached hydrogens (tertiary/aromatic N) is 3. The predicted octanol–water partition coefficient (Wildman–Crippen LogP) is 3.65. The Balaban J connectivity index is 1.42. The van der Waals surface area contributed by atoms with Gasteiger partial charge in [-0.2, -0.15) is 5.10 Å². The highest BCUT2D eigenvalue weighted by Gasteiger charge is 2.13. The van der Waals surface area contributed by atoms with Crippen molar-refractivity contribution in [2.75, 3.05) is 10.6 Å². The standard InChI is InChI=1S/C22H18FN5O3S/c1-13(29)25-14-6-7-15(17(23)10-14)18-12-32-22(26-18)27-21(31)8-9-28-19-5-3-2-4-16(19)20(30)11-24-28/h2-7,10-12H,8-9H2,1H3,(H,25,29)(H,26,27,31). The summed E-state index contributed by atoms with van der Waals surface area (Å²) in [5.41, 5.74) is 1.48. The lowest BCUT2D eigenvalue weighted by Gasteiger charge is -2.08. The maximum atomic E-state index is 14.4. The number of carbonyl (C=O) groups excluding carboxylic acids is 2. The van der Waals surface area contributed by atoms with Crippen LogP contribution in [0.15, 0.2) is 58.8 Å². The Morgan fingerprint density at radius 1 is 1.16 bits per heavy atom. The zero-order chi connectivity index (χ0) is 22.7. The van der Waals surface area contributed by atoms with Crippen molar-refractivity contribution in [3.05, 3.63) is 70.1 Å². The number of aryl methyl sites for hydroxylation is 1. The van der Waals surface area contributed by atoms with E-state index in [1.165, 1.54) is 36.6 Å². The third-order valence-electron chi connectivity index (χ3n) is 4.63. The number of rotatable bonds is 6. The van der Waals surface area contributed by atoms with Crippen LogP contribution in [0.4, 0.5) is 15.2 Å². The lowest BCUT2D eigenvalue weighted by atomic mass is 10.1. The summed E-state index contributed by atoms with van der Waals surface area (Å²) >= 11 is 1.18. The summed E-state index contributed by atoms with van der Waals surface area (Å²) in [5, 5.41) is 11.9. The molecule has 8 nitrogen and oxygen atoms in total. The first-order valence-electron chi connectivity index (χ1n) is 9.68. The maximum absolute atomic E-state index is 14.4. The van der Waals surface area contributed by atoms with E-state index in [9.17, 15) is 18.8 Å². The first kappa shape index (κ1) is 21.3. The van der Waals surface area contributed by atoms with Crippen molar-refractivity contribution in [3.63, 3.8) is 0 Å². The number of fused-ring (bicyclic) bond motifs is 1. The van der Waals surface area contributed by atoms with Crippen molar-refractivity contribution in [1.29, 1.82) is 0 Å². The minimum Gasteiger partial charge on any atom is -0.326 e. The molecule has 2 aromatic heterocycles. The molecule has 32 heavy (non-hydrogen) atoms. The van der Waals surface area contributed by atoms with Gasteiger partial charge in [0.1, 0.15) is 5.82 Å². The average Bonchev–Trinajstić information content (AvgIpc) is 3.21. The Morgan fingerprint density at radius 3 is 2.75 bits per heavy atom. The number of thiazole rings is 1. The second kappa shape index (κ2) is 9.06. The minimum atomic E-state index is -0.532. The van der Waals surface area contributed by atoms with Crippen LogP contribution in [-0.4, -0.2) is 26.6 Å². The minimum absolute atomic E-state index is 0.120. The predicted molar refractivity (Wildman–Crippen MR) is 121 cm³/mol. The average molecular weight is 451 g/mol. The van der Waals surface area contributed by atoms with E-state index in [4.69, 9.17) is 0 Å². The second-order valence-corrected chi connectivity index (χ2v) is 7.82. The van der Waals surface area contributed by atoms with Crippen LogP contribution < -0.4 is 16.1 Å². The molecule has 0 fully saturated rings. The molecule has 10 heteroatoms. The van der Waals surface area contributed by atoms with E-state index in [1.54, 1.807) is 40.4 Å². The highest BCUT2D eigenvalue weighted by Crippen LogP contribution is 2.28. The Morgan fingerprint density at radius 2 is 1.97 bits per heavy atom. The molecule has 0 aliphatic carbocycles. The van der Waals surface area contributed by atoms with Gasteiger partial charge >= 0.3 is 0 Å². The SMILES string of the molecule is CC(=O)Nc1ccc(-c2csc(NC(=O)CCn3ncc(=O)c4ccccc43)n2)c(F)c1. The van der Waals surface area contributed by atoms with E-state index >= 15 is 0 Å². The fourth-order valence-electron chi connectivity index (χ4n) is 3.19. The molecular weight excluding hydrogens is 433 g/mol.